The number of carbonyl (C=O) groups excluding carboxylic acids is 1. The van der Waals surface area contributed by atoms with Crippen molar-refractivity contribution >= 4 is 5.91 Å². The zero-order valence-electron chi connectivity index (χ0n) is 14.1. The highest BCUT2D eigenvalue weighted by atomic mass is 16.5. The minimum Gasteiger partial charge on any atom is -0.496 e. The quantitative estimate of drug-likeness (QED) is 0.887. The van der Waals surface area contributed by atoms with Crippen LogP contribution in [0, 0.1) is 0 Å². The van der Waals surface area contributed by atoms with Gasteiger partial charge in [0.15, 0.2) is 0 Å². The largest absolute Gasteiger partial charge is 0.496 e. The average Bonchev–Trinajstić information content (AvgIpc) is 3.04. The zero-order chi connectivity index (χ0) is 16.9. The fraction of sp³-hybridized carbons (Fsp3) is 0.471. The Balaban J connectivity index is 1.76. The number of nitrogens with zero attached hydrogens (tertiary/aromatic N) is 4. The van der Waals surface area contributed by atoms with Crippen molar-refractivity contribution in [1.29, 1.82) is 0 Å². The fourth-order valence-corrected chi connectivity index (χ4v) is 2.96. The SMILES string of the molecule is COc1ccc(CN2CCC(=O)NC[C@H]2C)cc1Cn1cncn1. The van der Waals surface area contributed by atoms with Gasteiger partial charge in [-0.25, -0.2) is 9.67 Å². The van der Waals surface area contributed by atoms with Crippen molar-refractivity contribution in [2.24, 2.45) is 0 Å². The molecule has 1 aromatic carbocycles. The monoisotopic (exact) mass is 329 g/mol. The minimum atomic E-state index is 0.131. The van der Waals surface area contributed by atoms with Crippen molar-refractivity contribution in [2.75, 3.05) is 20.2 Å². The third-order valence-electron chi connectivity index (χ3n) is 4.37. The second-order valence-electron chi connectivity index (χ2n) is 6.11. The highest BCUT2D eigenvalue weighted by molar-refractivity contribution is 5.76. The lowest BCUT2D eigenvalue weighted by molar-refractivity contribution is -0.120. The molecule has 0 saturated carbocycles. The molecule has 0 aliphatic carbocycles. The van der Waals surface area contributed by atoms with Gasteiger partial charge >= 0.3 is 0 Å². The number of nitrogens with one attached hydrogen (secondary N) is 1. The molecule has 7 nitrogen and oxygen atoms in total. The van der Waals surface area contributed by atoms with Crippen LogP contribution in [0.15, 0.2) is 30.9 Å². The Labute approximate surface area is 141 Å². The highest BCUT2D eigenvalue weighted by Gasteiger charge is 2.20. The predicted octanol–water partition coefficient (Wildman–Crippen LogP) is 1.05. The molecule has 1 atom stereocenters. The van der Waals surface area contributed by atoms with Crippen molar-refractivity contribution in [2.45, 2.75) is 32.5 Å². The lowest BCUT2D eigenvalue weighted by Gasteiger charge is -2.26. The number of ether oxygens (including phenoxy) is 1. The molecule has 2 heterocycles. The van der Waals surface area contributed by atoms with E-state index < -0.39 is 0 Å². The molecule has 1 aliphatic rings. The second-order valence-corrected chi connectivity index (χ2v) is 6.11. The first-order valence-corrected chi connectivity index (χ1v) is 8.14. The maximum Gasteiger partial charge on any atom is 0.221 e. The van der Waals surface area contributed by atoms with E-state index in [1.54, 1.807) is 18.1 Å². The summed E-state index contributed by atoms with van der Waals surface area (Å²) >= 11 is 0. The summed E-state index contributed by atoms with van der Waals surface area (Å²) in [6, 6.07) is 6.54. The number of amides is 1. The van der Waals surface area contributed by atoms with Gasteiger partial charge in [0.25, 0.3) is 0 Å². The van der Waals surface area contributed by atoms with Crippen LogP contribution in [-0.2, 0) is 17.9 Å². The summed E-state index contributed by atoms with van der Waals surface area (Å²) < 4.78 is 7.24. The number of rotatable bonds is 5. The second kappa shape index (κ2) is 7.44. The third-order valence-corrected chi connectivity index (χ3v) is 4.37. The molecule has 0 bridgehead atoms. The zero-order valence-corrected chi connectivity index (χ0v) is 14.1. The molecule has 0 spiro atoms. The van der Waals surface area contributed by atoms with E-state index in [1.807, 2.05) is 6.07 Å². The van der Waals surface area contributed by atoms with Crippen molar-refractivity contribution in [3.05, 3.63) is 42.0 Å². The first-order chi connectivity index (χ1) is 11.7. The highest BCUT2D eigenvalue weighted by Crippen LogP contribution is 2.22. The molecule has 1 aliphatic heterocycles. The van der Waals surface area contributed by atoms with Gasteiger partial charge in [0.05, 0.1) is 13.7 Å². The van der Waals surface area contributed by atoms with Gasteiger partial charge in [-0.2, -0.15) is 5.10 Å². The van der Waals surface area contributed by atoms with E-state index >= 15 is 0 Å². The van der Waals surface area contributed by atoms with Crippen molar-refractivity contribution in [3.63, 3.8) is 0 Å². The molecule has 2 aromatic rings. The van der Waals surface area contributed by atoms with Crippen LogP contribution in [0.4, 0.5) is 0 Å². The van der Waals surface area contributed by atoms with Gasteiger partial charge in [-0.15, -0.1) is 0 Å². The van der Waals surface area contributed by atoms with Gasteiger partial charge in [0.2, 0.25) is 5.91 Å². The van der Waals surface area contributed by atoms with E-state index in [2.05, 4.69) is 39.4 Å². The summed E-state index contributed by atoms with van der Waals surface area (Å²) in [5.41, 5.74) is 2.27. The molecule has 1 N–H and O–H groups in total. The lowest BCUT2D eigenvalue weighted by Crippen LogP contribution is -2.37. The molecule has 0 radical (unpaired) electrons. The smallest absolute Gasteiger partial charge is 0.221 e. The average molecular weight is 329 g/mol. The van der Waals surface area contributed by atoms with E-state index in [0.29, 0.717) is 25.6 Å². The molecule has 1 saturated heterocycles. The molecule has 3 rings (SSSR count). The molecular weight excluding hydrogens is 306 g/mol. The van der Waals surface area contributed by atoms with Gasteiger partial charge in [0.1, 0.15) is 18.4 Å². The van der Waals surface area contributed by atoms with Gasteiger partial charge in [0, 0.05) is 37.7 Å². The molecule has 1 amide bonds. The standard InChI is InChI=1S/C17H23N5O2/c1-13-8-19-17(23)5-6-21(13)9-14-3-4-16(24-2)15(7-14)10-22-12-18-11-20-22/h3-4,7,11-13H,5-6,8-10H2,1-2H3,(H,19,23)/t13-/m1/s1. The first-order valence-electron chi connectivity index (χ1n) is 8.14. The molecule has 7 heteroatoms. The van der Waals surface area contributed by atoms with Crippen LogP contribution in [0.3, 0.4) is 0 Å². The van der Waals surface area contributed by atoms with Gasteiger partial charge < -0.3 is 10.1 Å². The lowest BCUT2D eigenvalue weighted by atomic mass is 10.1. The topological polar surface area (TPSA) is 72.3 Å². The van der Waals surface area contributed by atoms with Gasteiger partial charge in [-0.3, -0.25) is 9.69 Å². The Bertz CT molecular complexity index is 686. The van der Waals surface area contributed by atoms with Crippen LogP contribution in [0.5, 0.6) is 5.75 Å². The van der Waals surface area contributed by atoms with Crippen molar-refractivity contribution in [1.82, 2.24) is 25.0 Å². The Morgan fingerprint density at radius 1 is 1.38 bits per heavy atom. The number of aromatic nitrogens is 3. The maximum atomic E-state index is 11.6. The van der Waals surface area contributed by atoms with Crippen LogP contribution in [0.25, 0.3) is 0 Å². The summed E-state index contributed by atoms with van der Waals surface area (Å²) in [5.74, 6) is 0.973. The Hall–Kier alpha value is -2.41. The van der Waals surface area contributed by atoms with E-state index in [4.69, 9.17) is 4.74 Å². The molecule has 1 aromatic heterocycles. The summed E-state index contributed by atoms with van der Waals surface area (Å²) in [5, 5.41) is 7.11. The maximum absolute atomic E-state index is 11.6. The van der Waals surface area contributed by atoms with Gasteiger partial charge in [-0.1, -0.05) is 6.07 Å². The summed E-state index contributed by atoms with van der Waals surface area (Å²) in [6.07, 6.45) is 3.77. The van der Waals surface area contributed by atoms with Crippen LogP contribution in [0.2, 0.25) is 0 Å². The summed E-state index contributed by atoms with van der Waals surface area (Å²) in [4.78, 5) is 17.9. The number of benzene rings is 1. The van der Waals surface area contributed by atoms with Crippen LogP contribution >= 0.6 is 0 Å². The van der Waals surface area contributed by atoms with E-state index in [-0.39, 0.29) is 5.91 Å². The van der Waals surface area contributed by atoms with Crippen molar-refractivity contribution < 1.29 is 9.53 Å². The van der Waals surface area contributed by atoms with Gasteiger partial charge in [-0.05, 0) is 24.6 Å². The first kappa shape index (κ1) is 16.4. The summed E-state index contributed by atoms with van der Waals surface area (Å²) in [6.45, 7) is 5.04. The fourth-order valence-electron chi connectivity index (χ4n) is 2.96. The van der Waals surface area contributed by atoms with E-state index in [1.165, 1.54) is 11.9 Å². The Kier molecular flexibility index (Phi) is 5.10. The van der Waals surface area contributed by atoms with E-state index in [0.717, 1.165) is 24.4 Å². The number of carbonyl (C=O) groups is 1. The number of hydrogen-bond acceptors (Lipinski definition) is 5. The number of methoxy groups -OCH3 is 1. The van der Waals surface area contributed by atoms with Crippen LogP contribution in [-0.4, -0.2) is 51.8 Å². The minimum absolute atomic E-state index is 0.131. The molecule has 128 valence electrons. The van der Waals surface area contributed by atoms with Crippen LogP contribution in [0.1, 0.15) is 24.5 Å². The van der Waals surface area contributed by atoms with Crippen molar-refractivity contribution in [3.8, 4) is 5.75 Å². The van der Waals surface area contributed by atoms with E-state index in [9.17, 15) is 4.79 Å². The number of hydrogen-bond donors (Lipinski definition) is 1. The third kappa shape index (κ3) is 3.91. The molecule has 24 heavy (non-hydrogen) atoms. The Morgan fingerprint density at radius 3 is 3.00 bits per heavy atom. The molecular formula is C17H23N5O2. The summed E-state index contributed by atoms with van der Waals surface area (Å²) in [7, 11) is 1.67. The molecule has 1 fully saturated rings. The normalized spacial score (nSPS) is 18.9. The predicted molar refractivity (Wildman–Crippen MR) is 89.6 cm³/mol. The van der Waals surface area contributed by atoms with Crippen LogP contribution < -0.4 is 10.1 Å². The molecule has 0 unspecified atom stereocenters. The Morgan fingerprint density at radius 2 is 2.25 bits per heavy atom.